The molecule has 1 atom stereocenters. The van der Waals surface area contributed by atoms with Gasteiger partial charge in [-0.3, -0.25) is 0 Å². The Labute approximate surface area is 150 Å². The Morgan fingerprint density at radius 3 is 2.50 bits per heavy atom. The molecular formula is C19H19N3O4. The van der Waals surface area contributed by atoms with E-state index in [1.54, 1.807) is 0 Å². The highest BCUT2D eigenvalue weighted by Gasteiger charge is 2.50. The highest BCUT2D eigenvalue weighted by Crippen LogP contribution is 2.39. The van der Waals surface area contributed by atoms with Crippen molar-refractivity contribution >= 4 is 17.7 Å². The molecule has 1 aromatic heterocycles. The van der Waals surface area contributed by atoms with Crippen LogP contribution in [0.15, 0.2) is 27.9 Å². The molecule has 1 unspecified atom stereocenters. The lowest BCUT2D eigenvalue weighted by Crippen LogP contribution is -2.40. The summed E-state index contributed by atoms with van der Waals surface area (Å²) in [7, 11) is 0. The highest BCUT2D eigenvalue weighted by atomic mass is 16.6. The molecule has 0 spiro atoms. The van der Waals surface area contributed by atoms with Crippen molar-refractivity contribution in [3.8, 4) is 0 Å². The molecule has 5 rings (SSSR count). The number of carboxylic acids is 1. The quantitative estimate of drug-likeness (QED) is 0.880. The van der Waals surface area contributed by atoms with Gasteiger partial charge in [0, 0.05) is 11.8 Å². The van der Waals surface area contributed by atoms with Crippen LogP contribution in [-0.4, -0.2) is 28.8 Å². The first-order valence-corrected chi connectivity index (χ1v) is 8.98. The van der Waals surface area contributed by atoms with Gasteiger partial charge < -0.3 is 19.7 Å². The van der Waals surface area contributed by atoms with Gasteiger partial charge in [0.1, 0.15) is 18.5 Å². The molecule has 7 heteroatoms. The second kappa shape index (κ2) is 5.59. The Bertz CT molecular complexity index is 887. The van der Waals surface area contributed by atoms with Crippen LogP contribution in [0, 0.1) is 0 Å². The van der Waals surface area contributed by atoms with Gasteiger partial charge in [-0.1, -0.05) is 11.2 Å². The van der Waals surface area contributed by atoms with Crippen LogP contribution in [-0.2, 0) is 40.8 Å². The van der Waals surface area contributed by atoms with E-state index in [0.717, 1.165) is 44.2 Å². The number of aliphatic imine (C=N–C) groups is 1. The maximum atomic E-state index is 11.9. The van der Waals surface area contributed by atoms with E-state index in [-0.39, 0.29) is 18.3 Å². The predicted octanol–water partition coefficient (Wildman–Crippen LogP) is 2.43. The van der Waals surface area contributed by atoms with Gasteiger partial charge in [-0.25, -0.2) is 9.79 Å². The van der Waals surface area contributed by atoms with Gasteiger partial charge in [-0.15, -0.1) is 0 Å². The van der Waals surface area contributed by atoms with Crippen molar-refractivity contribution in [1.29, 1.82) is 0 Å². The summed E-state index contributed by atoms with van der Waals surface area (Å²) in [5.41, 5.74) is 5.11. The minimum atomic E-state index is -1.63. The topological polar surface area (TPSA) is 97.0 Å². The molecule has 0 fully saturated rings. The molecule has 1 aliphatic heterocycles. The summed E-state index contributed by atoms with van der Waals surface area (Å²) in [6.07, 6.45) is 7.91. The number of nitrogens with one attached hydrogen (secondary N) is 1. The van der Waals surface area contributed by atoms with Gasteiger partial charge in [0.25, 0.3) is 11.6 Å². The molecular weight excluding hydrogens is 334 g/mol. The van der Waals surface area contributed by atoms with Crippen LogP contribution in [0.25, 0.3) is 0 Å². The molecule has 3 aliphatic rings. The van der Waals surface area contributed by atoms with Crippen molar-refractivity contribution in [1.82, 2.24) is 5.16 Å². The van der Waals surface area contributed by atoms with Gasteiger partial charge in [0.2, 0.25) is 0 Å². The molecule has 0 saturated carbocycles. The number of carbonyl (C=O) groups is 1. The third-order valence-electron chi connectivity index (χ3n) is 5.62. The summed E-state index contributed by atoms with van der Waals surface area (Å²) < 4.78 is 10.6. The van der Waals surface area contributed by atoms with Crippen LogP contribution in [0.5, 0.6) is 0 Å². The number of amidine groups is 1. The van der Waals surface area contributed by atoms with Crippen molar-refractivity contribution in [2.75, 3.05) is 11.9 Å². The average Bonchev–Trinajstić information content (AvgIpc) is 3.40. The van der Waals surface area contributed by atoms with Crippen molar-refractivity contribution < 1.29 is 19.2 Å². The molecule has 2 heterocycles. The molecule has 1 aromatic carbocycles. The number of benzene rings is 1. The van der Waals surface area contributed by atoms with Gasteiger partial charge >= 0.3 is 5.97 Å². The fraction of sp³-hybridized carbons (Fsp3) is 0.421. The number of fused-ring (bicyclic) bond motifs is 2. The first-order chi connectivity index (χ1) is 12.7. The van der Waals surface area contributed by atoms with E-state index in [1.165, 1.54) is 34.6 Å². The normalized spacial score (nSPS) is 23.3. The molecule has 2 aliphatic carbocycles. The van der Waals surface area contributed by atoms with Gasteiger partial charge in [-0.2, -0.15) is 0 Å². The van der Waals surface area contributed by atoms with Crippen LogP contribution in [0.4, 0.5) is 5.69 Å². The SMILES string of the molecule is O=C(O)C1(c2ccon2)CN=C(Nc2c3c(cc4c2CCC4)CCC3)O1. The van der Waals surface area contributed by atoms with Crippen LogP contribution in [0.1, 0.15) is 40.8 Å². The Hall–Kier alpha value is -2.83. The maximum absolute atomic E-state index is 11.9. The first kappa shape index (κ1) is 15.4. The van der Waals surface area contributed by atoms with Crippen molar-refractivity contribution in [2.45, 2.75) is 44.1 Å². The first-order valence-electron chi connectivity index (χ1n) is 8.98. The Kier molecular flexibility index (Phi) is 3.32. The molecule has 26 heavy (non-hydrogen) atoms. The Morgan fingerprint density at radius 1 is 1.15 bits per heavy atom. The lowest BCUT2D eigenvalue weighted by molar-refractivity contribution is -0.155. The Morgan fingerprint density at radius 2 is 1.88 bits per heavy atom. The third kappa shape index (κ3) is 2.16. The molecule has 0 amide bonds. The van der Waals surface area contributed by atoms with Crippen LogP contribution >= 0.6 is 0 Å². The molecule has 0 saturated heterocycles. The lowest BCUT2D eigenvalue weighted by Gasteiger charge is -2.22. The van der Waals surface area contributed by atoms with Crippen LogP contribution in [0.3, 0.4) is 0 Å². The number of anilines is 1. The molecule has 0 bridgehead atoms. The van der Waals surface area contributed by atoms with E-state index in [2.05, 4.69) is 21.5 Å². The number of hydrogen-bond acceptors (Lipinski definition) is 6. The van der Waals surface area contributed by atoms with Crippen molar-refractivity contribution in [2.24, 2.45) is 4.99 Å². The maximum Gasteiger partial charge on any atom is 0.356 e. The summed E-state index contributed by atoms with van der Waals surface area (Å²) >= 11 is 0. The van der Waals surface area contributed by atoms with E-state index >= 15 is 0 Å². The summed E-state index contributed by atoms with van der Waals surface area (Å²) in [6.45, 7) is -0.0333. The van der Waals surface area contributed by atoms with Crippen molar-refractivity contribution in [3.63, 3.8) is 0 Å². The monoisotopic (exact) mass is 353 g/mol. The van der Waals surface area contributed by atoms with Crippen molar-refractivity contribution in [3.05, 3.63) is 46.3 Å². The molecule has 2 N–H and O–H groups in total. The average molecular weight is 353 g/mol. The van der Waals surface area contributed by atoms with Gasteiger partial charge in [-0.05, 0) is 60.8 Å². The molecule has 7 nitrogen and oxygen atoms in total. The minimum Gasteiger partial charge on any atom is -0.478 e. The number of aliphatic carboxylic acids is 1. The second-order valence-electron chi connectivity index (χ2n) is 7.10. The number of hydrogen-bond donors (Lipinski definition) is 2. The van der Waals surface area contributed by atoms with E-state index in [0.29, 0.717) is 0 Å². The zero-order chi connectivity index (χ0) is 17.7. The summed E-state index contributed by atoms with van der Waals surface area (Å²) in [5, 5.41) is 16.8. The standard InChI is InChI=1S/C19H19N3O4/c23-17(24)19(15-7-8-25-22-15)10-20-18(26-19)21-16-13-5-1-3-11(13)9-12-4-2-6-14(12)16/h7-9H,1-6,10H2,(H,20,21)(H,23,24). The fourth-order valence-corrected chi connectivity index (χ4v) is 4.33. The number of nitrogens with zero attached hydrogens (tertiary/aromatic N) is 2. The predicted molar refractivity (Wildman–Crippen MR) is 93.3 cm³/mol. The zero-order valence-corrected chi connectivity index (χ0v) is 14.2. The van der Waals surface area contributed by atoms with Gasteiger partial charge in [0.05, 0.1) is 0 Å². The number of carboxylic acid groups (broad SMARTS) is 1. The van der Waals surface area contributed by atoms with E-state index in [1.807, 2.05) is 0 Å². The second-order valence-corrected chi connectivity index (χ2v) is 7.10. The van der Waals surface area contributed by atoms with Gasteiger partial charge in [0.15, 0.2) is 0 Å². The minimum absolute atomic E-state index is 0.0333. The summed E-state index contributed by atoms with van der Waals surface area (Å²) in [6, 6.07) is 4.10. The zero-order valence-electron chi connectivity index (χ0n) is 14.2. The molecule has 134 valence electrons. The number of aromatic nitrogens is 1. The summed E-state index contributed by atoms with van der Waals surface area (Å²) in [4.78, 5) is 16.2. The van der Waals surface area contributed by atoms with E-state index in [4.69, 9.17) is 9.26 Å². The lowest BCUT2D eigenvalue weighted by atomic mass is 9.99. The highest BCUT2D eigenvalue weighted by molar-refractivity contribution is 5.96. The number of rotatable bonds is 3. The smallest absolute Gasteiger partial charge is 0.356 e. The fourth-order valence-electron chi connectivity index (χ4n) is 4.33. The van der Waals surface area contributed by atoms with Crippen LogP contribution < -0.4 is 5.32 Å². The molecule has 0 radical (unpaired) electrons. The largest absolute Gasteiger partial charge is 0.478 e. The number of aryl methyl sites for hydroxylation is 2. The van der Waals surface area contributed by atoms with E-state index in [9.17, 15) is 9.90 Å². The van der Waals surface area contributed by atoms with Crippen LogP contribution in [0.2, 0.25) is 0 Å². The molecule has 2 aromatic rings. The summed E-state index contributed by atoms with van der Waals surface area (Å²) in [5.74, 6) is -1.13. The van der Waals surface area contributed by atoms with E-state index < -0.39 is 11.6 Å². The Balaban J connectivity index is 1.48. The number of ether oxygens (including phenoxy) is 1. The third-order valence-corrected chi connectivity index (χ3v) is 5.62.